The summed E-state index contributed by atoms with van der Waals surface area (Å²) in [6.45, 7) is 9.43. The minimum Gasteiger partial charge on any atom is -0.480 e. The SMILES string of the molecule is C=CCCC(NC(=O)c1cc(C)n(-c2cc(C)cc(C)c2)n1)C(=O)O. The molecule has 2 aromatic rings. The van der Waals surface area contributed by atoms with Crippen molar-refractivity contribution in [2.45, 2.75) is 39.7 Å². The van der Waals surface area contributed by atoms with Gasteiger partial charge in [0.05, 0.1) is 5.69 Å². The number of rotatable bonds is 7. The second-order valence-corrected chi connectivity index (χ2v) is 6.16. The van der Waals surface area contributed by atoms with E-state index < -0.39 is 17.9 Å². The number of carbonyl (C=O) groups excluding carboxylic acids is 1. The lowest BCUT2D eigenvalue weighted by Gasteiger charge is -2.12. The van der Waals surface area contributed by atoms with Crippen LogP contribution in [0.5, 0.6) is 0 Å². The van der Waals surface area contributed by atoms with E-state index >= 15 is 0 Å². The summed E-state index contributed by atoms with van der Waals surface area (Å²) in [5.41, 5.74) is 4.07. The van der Waals surface area contributed by atoms with Crippen LogP contribution >= 0.6 is 0 Å². The molecule has 0 bridgehead atoms. The summed E-state index contributed by atoms with van der Waals surface area (Å²) in [6, 6.07) is 6.72. The first-order valence-corrected chi connectivity index (χ1v) is 8.11. The first-order valence-electron chi connectivity index (χ1n) is 8.11. The van der Waals surface area contributed by atoms with Gasteiger partial charge in [-0.25, -0.2) is 9.48 Å². The Hall–Kier alpha value is -2.89. The number of nitrogens with zero attached hydrogens (tertiary/aromatic N) is 2. The maximum atomic E-state index is 12.4. The van der Waals surface area contributed by atoms with Gasteiger partial charge in [-0.05, 0) is 62.9 Å². The molecule has 1 heterocycles. The molecule has 1 atom stereocenters. The highest BCUT2D eigenvalue weighted by Crippen LogP contribution is 2.16. The molecule has 0 aliphatic carbocycles. The van der Waals surface area contributed by atoms with Crippen molar-refractivity contribution in [3.63, 3.8) is 0 Å². The van der Waals surface area contributed by atoms with Crippen molar-refractivity contribution < 1.29 is 14.7 Å². The van der Waals surface area contributed by atoms with Crippen LogP contribution in [0.4, 0.5) is 0 Å². The summed E-state index contributed by atoms with van der Waals surface area (Å²) in [7, 11) is 0. The fraction of sp³-hybridized carbons (Fsp3) is 0.316. The summed E-state index contributed by atoms with van der Waals surface area (Å²) in [5, 5.41) is 16.1. The van der Waals surface area contributed by atoms with E-state index in [-0.39, 0.29) is 5.69 Å². The van der Waals surface area contributed by atoms with Gasteiger partial charge in [0.1, 0.15) is 6.04 Å². The van der Waals surface area contributed by atoms with Crippen molar-refractivity contribution in [2.24, 2.45) is 0 Å². The van der Waals surface area contributed by atoms with Gasteiger partial charge in [-0.2, -0.15) is 5.10 Å². The average molecular weight is 341 g/mol. The molecule has 6 heteroatoms. The molecule has 1 unspecified atom stereocenters. The number of amides is 1. The van der Waals surface area contributed by atoms with Crippen LogP contribution in [0.3, 0.4) is 0 Å². The van der Waals surface area contributed by atoms with E-state index in [0.29, 0.717) is 12.8 Å². The van der Waals surface area contributed by atoms with Gasteiger partial charge in [0.15, 0.2) is 5.69 Å². The molecule has 0 aliphatic rings. The Morgan fingerprint density at radius 2 is 1.88 bits per heavy atom. The standard InChI is InChI=1S/C19H23N3O3/c1-5-6-7-16(19(24)25)20-18(23)17-11-14(4)22(21-17)15-9-12(2)8-13(3)10-15/h5,8-11,16H,1,6-7H2,2-4H3,(H,20,23)(H,24,25). The van der Waals surface area contributed by atoms with E-state index in [4.69, 9.17) is 0 Å². The number of aryl methyl sites for hydroxylation is 3. The topological polar surface area (TPSA) is 84.2 Å². The molecule has 132 valence electrons. The van der Waals surface area contributed by atoms with E-state index in [0.717, 1.165) is 22.5 Å². The van der Waals surface area contributed by atoms with Crippen LogP contribution in [-0.2, 0) is 4.79 Å². The van der Waals surface area contributed by atoms with Gasteiger partial charge in [-0.15, -0.1) is 6.58 Å². The number of carboxylic acids is 1. The number of carboxylic acid groups (broad SMARTS) is 1. The fourth-order valence-electron chi connectivity index (χ4n) is 2.69. The second kappa shape index (κ2) is 7.79. The van der Waals surface area contributed by atoms with Gasteiger partial charge >= 0.3 is 5.97 Å². The largest absolute Gasteiger partial charge is 0.480 e. The van der Waals surface area contributed by atoms with Crippen molar-refractivity contribution in [1.82, 2.24) is 15.1 Å². The van der Waals surface area contributed by atoms with Crippen LogP contribution in [0.25, 0.3) is 5.69 Å². The van der Waals surface area contributed by atoms with Crippen molar-refractivity contribution in [3.05, 3.63) is 59.4 Å². The molecule has 25 heavy (non-hydrogen) atoms. The third-order valence-corrected chi connectivity index (χ3v) is 3.83. The Morgan fingerprint density at radius 1 is 1.24 bits per heavy atom. The predicted molar refractivity (Wildman–Crippen MR) is 96.1 cm³/mol. The van der Waals surface area contributed by atoms with Gasteiger partial charge in [-0.3, -0.25) is 4.79 Å². The summed E-state index contributed by atoms with van der Waals surface area (Å²) in [5.74, 6) is -1.57. The van der Waals surface area contributed by atoms with Crippen LogP contribution in [-0.4, -0.2) is 32.8 Å². The highest BCUT2D eigenvalue weighted by atomic mass is 16.4. The van der Waals surface area contributed by atoms with Crippen molar-refractivity contribution in [2.75, 3.05) is 0 Å². The summed E-state index contributed by atoms with van der Waals surface area (Å²) in [6.07, 6.45) is 2.43. The molecule has 0 radical (unpaired) electrons. The molecule has 1 amide bonds. The van der Waals surface area contributed by atoms with E-state index in [2.05, 4.69) is 23.1 Å². The minimum atomic E-state index is -1.07. The lowest BCUT2D eigenvalue weighted by atomic mass is 10.1. The number of hydrogen-bond acceptors (Lipinski definition) is 3. The maximum absolute atomic E-state index is 12.4. The third-order valence-electron chi connectivity index (χ3n) is 3.83. The molecular weight excluding hydrogens is 318 g/mol. The average Bonchev–Trinajstić information content (AvgIpc) is 2.92. The molecular formula is C19H23N3O3. The summed E-state index contributed by atoms with van der Waals surface area (Å²) >= 11 is 0. The quantitative estimate of drug-likeness (QED) is 0.758. The third kappa shape index (κ3) is 4.56. The molecule has 0 fully saturated rings. The van der Waals surface area contributed by atoms with Gasteiger partial charge in [0.25, 0.3) is 5.91 Å². The Balaban J connectivity index is 2.24. The lowest BCUT2D eigenvalue weighted by Crippen LogP contribution is -2.40. The van der Waals surface area contributed by atoms with Crippen molar-refractivity contribution in [1.29, 1.82) is 0 Å². The monoisotopic (exact) mass is 341 g/mol. The highest BCUT2D eigenvalue weighted by molar-refractivity contribution is 5.95. The minimum absolute atomic E-state index is 0.196. The van der Waals surface area contributed by atoms with E-state index in [9.17, 15) is 14.7 Å². The first-order chi connectivity index (χ1) is 11.8. The first kappa shape index (κ1) is 18.4. The Bertz CT molecular complexity index is 788. The zero-order chi connectivity index (χ0) is 18.6. The van der Waals surface area contributed by atoms with Crippen LogP contribution in [0.2, 0.25) is 0 Å². The van der Waals surface area contributed by atoms with E-state index in [1.807, 2.05) is 32.9 Å². The van der Waals surface area contributed by atoms with Gasteiger partial charge < -0.3 is 10.4 Å². The molecule has 0 aliphatic heterocycles. The number of aliphatic carboxylic acids is 1. The Labute approximate surface area is 147 Å². The van der Waals surface area contributed by atoms with Gasteiger partial charge in [-0.1, -0.05) is 12.1 Å². The van der Waals surface area contributed by atoms with Gasteiger partial charge in [0, 0.05) is 5.69 Å². The Morgan fingerprint density at radius 3 is 2.44 bits per heavy atom. The molecule has 0 saturated heterocycles. The number of allylic oxidation sites excluding steroid dienone is 1. The van der Waals surface area contributed by atoms with Crippen LogP contribution in [0.15, 0.2) is 36.9 Å². The molecule has 2 rings (SSSR count). The molecule has 1 aromatic heterocycles. The van der Waals surface area contributed by atoms with Crippen LogP contribution in [0, 0.1) is 20.8 Å². The summed E-state index contributed by atoms with van der Waals surface area (Å²) in [4.78, 5) is 23.6. The maximum Gasteiger partial charge on any atom is 0.326 e. The normalized spacial score (nSPS) is 11.8. The summed E-state index contributed by atoms with van der Waals surface area (Å²) < 4.78 is 1.69. The second-order valence-electron chi connectivity index (χ2n) is 6.16. The van der Waals surface area contributed by atoms with Gasteiger partial charge in [0.2, 0.25) is 0 Å². The Kier molecular flexibility index (Phi) is 5.75. The van der Waals surface area contributed by atoms with Crippen molar-refractivity contribution in [3.8, 4) is 5.69 Å². The molecule has 2 N–H and O–H groups in total. The molecule has 0 spiro atoms. The van der Waals surface area contributed by atoms with E-state index in [1.165, 1.54) is 0 Å². The molecule has 0 saturated carbocycles. The van der Waals surface area contributed by atoms with E-state index in [1.54, 1.807) is 16.8 Å². The number of carbonyl (C=O) groups is 2. The number of aromatic nitrogens is 2. The predicted octanol–water partition coefficient (Wildman–Crippen LogP) is 2.95. The van der Waals surface area contributed by atoms with Crippen LogP contribution in [0.1, 0.15) is 40.2 Å². The number of hydrogen-bond donors (Lipinski definition) is 2. The van der Waals surface area contributed by atoms with Crippen molar-refractivity contribution >= 4 is 11.9 Å². The number of nitrogens with one attached hydrogen (secondary N) is 1. The fourth-order valence-corrected chi connectivity index (χ4v) is 2.69. The molecule has 6 nitrogen and oxygen atoms in total. The highest BCUT2D eigenvalue weighted by Gasteiger charge is 2.22. The lowest BCUT2D eigenvalue weighted by molar-refractivity contribution is -0.139. The number of benzene rings is 1. The zero-order valence-corrected chi connectivity index (χ0v) is 14.7. The zero-order valence-electron chi connectivity index (χ0n) is 14.7. The molecule has 1 aromatic carbocycles. The van der Waals surface area contributed by atoms with Crippen LogP contribution < -0.4 is 5.32 Å². The smallest absolute Gasteiger partial charge is 0.326 e.